The molecule has 0 amide bonds. The van der Waals surface area contributed by atoms with Crippen molar-refractivity contribution in [2.75, 3.05) is 0 Å². The second-order valence-corrected chi connectivity index (χ2v) is 11.3. The molecular formula is C44H29NO. The van der Waals surface area contributed by atoms with Crippen molar-refractivity contribution < 1.29 is 4.79 Å². The molecule has 0 bridgehead atoms. The summed E-state index contributed by atoms with van der Waals surface area (Å²) in [6.07, 6.45) is 0. The quantitative estimate of drug-likeness (QED) is 0.174. The highest BCUT2D eigenvalue weighted by molar-refractivity contribution is 6.09. The van der Waals surface area contributed by atoms with Crippen molar-refractivity contribution in [3.63, 3.8) is 0 Å². The van der Waals surface area contributed by atoms with E-state index in [1.165, 1.54) is 22.3 Å². The largest absolute Gasteiger partial charge is 0.289 e. The Morgan fingerprint density at radius 1 is 0.326 bits per heavy atom. The molecule has 7 rings (SSSR count). The summed E-state index contributed by atoms with van der Waals surface area (Å²) in [5.41, 5.74) is 13.5. The van der Waals surface area contributed by atoms with E-state index in [4.69, 9.17) is 5.26 Å². The maximum atomic E-state index is 12.7. The molecule has 0 unspecified atom stereocenters. The Morgan fingerprint density at radius 3 is 0.848 bits per heavy atom. The van der Waals surface area contributed by atoms with Crippen LogP contribution in [0.5, 0.6) is 0 Å². The predicted octanol–water partition coefficient (Wildman–Crippen LogP) is 11.1. The lowest BCUT2D eigenvalue weighted by atomic mass is 9.96. The number of nitrogens with zero attached hydrogens (tertiary/aromatic N) is 1. The number of ketones is 1. The zero-order valence-corrected chi connectivity index (χ0v) is 25.1. The Balaban J connectivity index is 1.01. The molecule has 0 spiro atoms. The van der Waals surface area contributed by atoms with E-state index in [0.717, 1.165) is 33.4 Å². The second kappa shape index (κ2) is 12.7. The summed E-state index contributed by atoms with van der Waals surface area (Å²) in [4.78, 5) is 12.7. The van der Waals surface area contributed by atoms with Gasteiger partial charge in [-0.25, -0.2) is 0 Å². The number of carbonyl (C=O) groups is 1. The van der Waals surface area contributed by atoms with E-state index in [0.29, 0.717) is 16.7 Å². The Bertz CT molecular complexity index is 2140. The van der Waals surface area contributed by atoms with Crippen LogP contribution in [0.4, 0.5) is 0 Å². The molecular weight excluding hydrogens is 558 g/mol. The number of rotatable bonds is 7. The van der Waals surface area contributed by atoms with E-state index in [1.54, 1.807) is 0 Å². The lowest BCUT2D eigenvalue weighted by Gasteiger charge is -2.09. The molecule has 2 heteroatoms. The molecule has 216 valence electrons. The molecule has 0 aliphatic rings. The molecule has 0 aliphatic heterocycles. The van der Waals surface area contributed by atoms with Crippen LogP contribution in [0.1, 0.15) is 21.5 Å². The van der Waals surface area contributed by atoms with Gasteiger partial charge in [-0.15, -0.1) is 0 Å². The van der Waals surface area contributed by atoms with Gasteiger partial charge >= 0.3 is 0 Å². The van der Waals surface area contributed by atoms with Crippen LogP contribution in [0, 0.1) is 11.3 Å². The van der Waals surface area contributed by atoms with Crippen LogP contribution < -0.4 is 0 Å². The molecule has 0 radical (unpaired) electrons. The summed E-state index contributed by atoms with van der Waals surface area (Å²) in [6, 6.07) is 61.5. The van der Waals surface area contributed by atoms with E-state index < -0.39 is 0 Å². The lowest BCUT2D eigenvalue weighted by Crippen LogP contribution is -2.00. The maximum absolute atomic E-state index is 12.7. The van der Waals surface area contributed by atoms with Crippen LogP contribution in [0.15, 0.2) is 176 Å². The molecule has 0 heterocycles. The number of hydrogen-bond acceptors (Lipinski definition) is 2. The maximum Gasteiger partial charge on any atom is 0.193 e. The van der Waals surface area contributed by atoms with Crippen LogP contribution in [0.2, 0.25) is 0 Å². The van der Waals surface area contributed by atoms with Gasteiger partial charge in [0.05, 0.1) is 11.6 Å². The van der Waals surface area contributed by atoms with Crippen LogP contribution in [0.3, 0.4) is 0 Å². The topological polar surface area (TPSA) is 40.9 Å². The summed E-state index contributed by atoms with van der Waals surface area (Å²) < 4.78 is 0. The lowest BCUT2D eigenvalue weighted by molar-refractivity contribution is 0.103. The summed E-state index contributed by atoms with van der Waals surface area (Å²) in [7, 11) is 0. The van der Waals surface area contributed by atoms with Crippen LogP contribution in [0.25, 0.3) is 55.6 Å². The van der Waals surface area contributed by atoms with E-state index in [9.17, 15) is 4.79 Å². The zero-order valence-electron chi connectivity index (χ0n) is 25.1. The SMILES string of the molecule is N#Cc1ccc(-c2ccc(-c3ccc(-c4ccc(-c5ccc(-c6ccc(C(=O)c7ccccc7)cc6)cc5)cc4)cc3)cc2)cc1. The third kappa shape index (κ3) is 6.04. The second-order valence-electron chi connectivity index (χ2n) is 11.3. The average Bonchev–Trinajstić information content (AvgIpc) is 3.15. The smallest absolute Gasteiger partial charge is 0.193 e. The Labute approximate surface area is 269 Å². The molecule has 0 aromatic heterocycles. The van der Waals surface area contributed by atoms with Crippen molar-refractivity contribution in [3.05, 3.63) is 193 Å². The summed E-state index contributed by atoms with van der Waals surface area (Å²) in [6.45, 7) is 0. The molecule has 7 aromatic carbocycles. The molecule has 0 N–H and O–H groups in total. The number of hydrogen-bond donors (Lipinski definition) is 0. The molecule has 0 fully saturated rings. The van der Waals surface area contributed by atoms with E-state index in [-0.39, 0.29) is 5.78 Å². The zero-order chi connectivity index (χ0) is 31.3. The van der Waals surface area contributed by atoms with Gasteiger partial charge in [-0.1, -0.05) is 164 Å². The molecule has 7 aromatic rings. The van der Waals surface area contributed by atoms with Gasteiger partial charge in [0.1, 0.15) is 0 Å². The standard InChI is InChI=1S/C44H29NO/c45-30-31-6-8-32(9-7-31)33-10-12-34(13-11-33)35-14-16-36(17-15-35)37-18-20-38(21-19-37)39-22-24-40(25-23-39)41-26-28-43(29-27-41)44(46)42-4-2-1-3-5-42/h1-29H. The Morgan fingerprint density at radius 2 is 0.565 bits per heavy atom. The van der Waals surface area contributed by atoms with Gasteiger partial charge in [0, 0.05) is 11.1 Å². The first-order valence-electron chi connectivity index (χ1n) is 15.3. The fourth-order valence-electron chi connectivity index (χ4n) is 5.73. The van der Waals surface area contributed by atoms with E-state index in [2.05, 4.69) is 103 Å². The summed E-state index contributed by atoms with van der Waals surface area (Å²) in [5, 5.41) is 9.04. The minimum absolute atomic E-state index is 0.0357. The van der Waals surface area contributed by atoms with Crippen molar-refractivity contribution in [2.45, 2.75) is 0 Å². The van der Waals surface area contributed by atoms with Crippen LogP contribution in [-0.4, -0.2) is 5.78 Å². The molecule has 46 heavy (non-hydrogen) atoms. The van der Waals surface area contributed by atoms with Crippen LogP contribution >= 0.6 is 0 Å². The van der Waals surface area contributed by atoms with Crippen molar-refractivity contribution in [3.8, 4) is 61.7 Å². The summed E-state index contributed by atoms with van der Waals surface area (Å²) in [5.74, 6) is 0.0357. The van der Waals surface area contributed by atoms with Crippen molar-refractivity contribution in [1.29, 1.82) is 5.26 Å². The monoisotopic (exact) mass is 587 g/mol. The van der Waals surface area contributed by atoms with Crippen molar-refractivity contribution in [2.24, 2.45) is 0 Å². The highest BCUT2D eigenvalue weighted by Crippen LogP contribution is 2.30. The van der Waals surface area contributed by atoms with E-state index in [1.807, 2.05) is 78.9 Å². The van der Waals surface area contributed by atoms with Gasteiger partial charge in [0.25, 0.3) is 0 Å². The first-order valence-corrected chi connectivity index (χ1v) is 15.3. The number of carbonyl (C=O) groups excluding carboxylic acids is 1. The highest BCUT2D eigenvalue weighted by atomic mass is 16.1. The first kappa shape index (κ1) is 28.5. The third-order valence-electron chi connectivity index (χ3n) is 8.40. The van der Waals surface area contributed by atoms with Crippen molar-refractivity contribution in [1.82, 2.24) is 0 Å². The predicted molar refractivity (Wildman–Crippen MR) is 188 cm³/mol. The van der Waals surface area contributed by atoms with Gasteiger partial charge in [0.15, 0.2) is 5.78 Å². The van der Waals surface area contributed by atoms with Crippen molar-refractivity contribution >= 4 is 5.78 Å². The molecule has 0 atom stereocenters. The number of benzene rings is 7. The molecule has 2 nitrogen and oxygen atoms in total. The fourth-order valence-corrected chi connectivity index (χ4v) is 5.73. The summed E-state index contributed by atoms with van der Waals surface area (Å²) >= 11 is 0. The average molecular weight is 588 g/mol. The number of nitriles is 1. The molecule has 0 saturated heterocycles. The Kier molecular flexibility index (Phi) is 7.89. The first-order chi connectivity index (χ1) is 22.6. The van der Waals surface area contributed by atoms with Gasteiger partial charge in [-0.05, 0) is 67.8 Å². The van der Waals surface area contributed by atoms with E-state index >= 15 is 0 Å². The minimum atomic E-state index is 0.0357. The molecule has 0 saturated carbocycles. The van der Waals surface area contributed by atoms with Gasteiger partial charge in [-0.3, -0.25) is 4.79 Å². The Hall–Kier alpha value is -6.30. The van der Waals surface area contributed by atoms with Crippen LogP contribution in [-0.2, 0) is 0 Å². The highest BCUT2D eigenvalue weighted by Gasteiger charge is 2.09. The normalized spacial score (nSPS) is 10.7. The fraction of sp³-hybridized carbons (Fsp3) is 0. The van der Waals surface area contributed by atoms with Gasteiger partial charge in [-0.2, -0.15) is 5.26 Å². The van der Waals surface area contributed by atoms with Gasteiger partial charge < -0.3 is 0 Å². The van der Waals surface area contributed by atoms with Gasteiger partial charge in [0.2, 0.25) is 0 Å². The molecule has 0 aliphatic carbocycles. The minimum Gasteiger partial charge on any atom is -0.289 e. The third-order valence-corrected chi connectivity index (χ3v) is 8.40.